The van der Waals surface area contributed by atoms with E-state index in [1.54, 1.807) is 42.6 Å². The van der Waals surface area contributed by atoms with Crippen LogP contribution in [0.4, 0.5) is 4.39 Å². The van der Waals surface area contributed by atoms with Crippen molar-refractivity contribution in [2.75, 3.05) is 14.2 Å². The molecular weight excluding hydrogens is 511 g/mol. The highest BCUT2D eigenvalue weighted by atomic mass is 19.1. The fraction of sp³-hybridized carbons (Fsp3) is 0.133. The van der Waals surface area contributed by atoms with E-state index in [1.807, 2.05) is 53.1 Å². The van der Waals surface area contributed by atoms with E-state index < -0.39 is 11.7 Å². The topological polar surface area (TPSA) is 96.0 Å². The second kappa shape index (κ2) is 9.49. The van der Waals surface area contributed by atoms with Crippen LogP contribution in [0.25, 0.3) is 50.3 Å². The van der Waals surface area contributed by atoms with Gasteiger partial charge in [0.25, 0.3) is 5.91 Å². The average Bonchev–Trinajstić information content (AvgIpc) is 3.46. The summed E-state index contributed by atoms with van der Waals surface area (Å²) in [4.78, 5) is 33.9. The second-order valence-corrected chi connectivity index (χ2v) is 9.38. The molecule has 0 fully saturated rings. The van der Waals surface area contributed by atoms with Gasteiger partial charge in [0.1, 0.15) is 5.82 Å². The molecule has 0 bridgehead atoms. The van der Waals surface area contributed by atoms with Crippen LogP contribution in [0.3, 0.4) is 0 Å². The van der Waals surface area contributed by atoms with Crippen LogP contribution in [0, 0.1) is 5.82 Å². The molecule has 1 N–H and O–H groups in total. The summed E-state index contributed by atoms with van der Waals surface area (Å²) in [5, 5.41) is 2.45. The van der Waals surface area contributed by atoms with E-state index in [1.165, 1.54) is 19.2 Å². The number of aryl methyl sites for hydroxylation is 2. The van der Waals surface area contributed by atoms with Gasteiger partial charge in [0, 0.05) is 33.0 Å². The fourth-order valence-corrected chi connectivity index (χ4v) is 5.07. The number of fused-ring (bicyclic) bond motifs is 2. The standard InChI is InChI=1S/C30H25FN6O3/c1-32-28(38)20-10-7-17(14-22(20)31)18-8-11-24-23(15-18)34-27(21-6-5-13-33-29(21)40-4)37(24)19-9-12-25-26(16-19)36(3)30(39)35(25)2/h5-16H,1-4H3,(H,32,38). The normalized spacial score (nSPS) is 11.3. The maximum Gasteiger partial charge on any atom is 0.328 e. The molecule has 0 aliphatic heterocycles. The molecule has 40 heavy (non-hydrogen) atoms. The number of hydrogen-bond donors (Lipinski definition) is 1. The van der Waals surface area contributed by atoms with Gasteiger partial charge in [-0.05, 0) is 65.7 Å². The van der Waals surface area contributed by atoms with Gasteiger partial charge in [0.05, 0.1) is 40.3 Å². The number of methoxy groups -OCH3 is 1. The van der Waals surface area contributed by atoms with Crippen LogP contribution in [-0.2, 0) is 14.1 Å². The Labute approximate surface area is 228 Å². The molecule has 0 saturated carbocycles. The molecular formula is C30H25FN6O3. The zero-order valence-electron chi connectivity index (χ0n) is 22.3. The summed E-state index contributed by atoms with van der Waals surface area (Å²) in [5.41, 5.74) is 5.75. The Morgan fingerprint density at radius 2 is 1.65 bits per heavy atom. The lowest BCUT2D eigenvalue weighted by molar-refractivity contribution is 0.0959. The van der Waals surface area contributed by atoms with Crippen LogP contribution in [0.2, 0.25) is 0 Å². The third kappa shape index (κ3) is 3.84. The predicted octanol–water partition coefficient (Wildman–Crippen LogP) is 4.45. The number of ether oxygens (including phenoxy) is 1. The van der Waals surface area contributed by atoms with Gasteiger partial charge >= 0.3 is 5.69 Å². The number of nitrogens with zero attached hydrogens (tertiary/aromatic N) is 5. The van der Waals surface area contributed by atoms with Crippen LogP contribution < -0.4 is 15.7 Å². The predicted molar refractivity (Wildman–Crippen MR) is 151 cm³/mol. The molecule has 200 valence electrons. The molecule has 0 aliphatic carbocycles. The van der Waals surface area contributed by atoms with Crippen molar-refractivity contribution in [2.24, 2.45) is 14.1 Å². The van der Waals surface area contributed by atoms with Crippen LogP contribution in [0.1, 0.15) is 10.4 Å². The van der Waals surface area contributed by atoms with Gasteiger partial charge < -0.3 is 10.1 Å². The monoisotopic (exact) mass is 536 g/mol. The first kappa shape index (κ1) is 25.1. The summed E-state index contributed by atoms with van der Waals surface area (Å²) < 4.78 is 25.5. The number of pyridine rings is 1. The number of nitrogens with one attached hydrogen (secondary N) is 1. The van der Waals surface area contributed by atoms with Crippen molar-refractivity contribution in [1.29, 1.82) is 0 Å². The molecule has 3 aromatic heterocycles. The minimum Gasteiger partial charge on any atom is -0.480 e. The molecule has 0 saturated heterocycles. The molecule has 0 radical (unpaired) electrons. The summed E-state index contributed by atoms with van der Waals surface area (Å²) in [6.45, 7) is 0. The number of aromatic nitrogens is 5. The highest BCUT2D eigenvalue weighted by molar-refractivity contribution is 5.95. The summed E-state index contributed by atoms with van der Waals surface area (Å²) >= 11 is 0. The van der Waals surface area contributed by atoms with Crippen molar-refractivity contribution in [3.8, 4) is 34.1 Å². The molecule has 0 atom stereocenters. The Hall–Kier alpha value is -5.25. The smallest absolute Gasteiger partial charge is 0.328 e. The molecule has 3 heterocycles. The highest BCUT2D eigenvalue weighted by Gasteiger charge is 2.20. The molecule has 10 heteroatoms. The van der Waals surface area contributed by atoms with E-state index in [2.05, 4.69) is 10.3 Å². The van der Waals surface area contributed by atoms with Gasteiger partial charge in [-0.1, -0.05) is 12.1 Å². The minimum atomic E-state index is -0.606. The highest BCUT2D eigenvalue weighted by Crippen LogP contribution is 2.35. The van der Waals surface area contributed by atoms with E-state index in [0.717, 1.165) is 27.8 Å². The number of carbonyl (C=O) groups excluding carboxylic acids is 1. The molecule has 3 aromatic carbocycles. The van der Waals surface area contributed by atoms with Gasteiger partial charge in [-0.2, -0.15) is 0 Å². The van der Waals surface area contributed by atoms with Gasteiger partial charge in [-0.15, -0.1) is 0 Å². The summed E-state index contributed by atoms with van der Waals surface area (Å²) in [6, 6.07) is 19.7. The number of imidazole rings is 2. The lowest BCUT2D eigenvalue weighted by Crippen LogP contribution is -2.19. The molecule has 0 spiro atoms. The van der Waals surface area contributed by atoms with Crippen LogP contribution in [0.5, 0.6) is 5.88 Å². The van der Waals surface area contributed by atoms with Crippen molar-refractivity contribution in [1.82, 2.24) is 29.0 Å². The zero-order chi connectivity index (χ0) is 28.1. The Balaban J connectivity index is 1.59. The number of amides is 1. The maximum absolute atomic E-state index is 14.7. The quantitative estimate of drug-likeness (QED) is 0.351. The number of rotatable bonds is 5. The van der Waals surface area contributed by atoms with E-state index in [-0.39, 0.29) is 11.3 Å². The largest absolute Gasteiger partial charge is 0.480 e. The molecule has 6 aromatic rings. The first-order valence-corrected chi connectivity index (χ1v) is 12.5. The van der Waals surface area contributed by atoms with Crippen molar-refractivity contribution in [3.63, 3.8) is 0 Å². The first-order valence-electron chi connectivity index (χ1n) is 12.5. The number of halogens is 1. The maximum atomic E-state index is 14.7. The van der Waals surface area contributed by atoms with Crippen molar-refractivity contribution >= 4 is 28.0 Å². The number of carbonyl (C=O) groups is 1. The first-order chi connectivity index (χ1) is 19.3. The lowest BCUT2D eigenvalue weighted by atomic mass is 10.0. The van der Waals surface area contributed by atoms with Crippen molar-refractivity contribution in [3.05, 3.63) is 94.8 Å². The summed E-state index contributed by atoms with van der Waals surface area (Å²) in [6.07, 6.45) is 1.65. The van der Waals surface area contributed by atoms with E-state index in [0.29, 0.717) is 28.3 Å². The van der Waals surface area contributed by atoms with E-state index >= 15 is 0 Å². The van der Waals surface area contributed by atoms with E-state index in [4.69, 9.17) is 9.72 Å². The molecule has 0 unspecified atom stereocenters. The number of hydrogen-bond acceptors (Lipinski definition) is 5. The van der Waals surface area contributed by atoms with Crippen LogP contribution >= 0.6 is 0 Å². The van der Waals surface area contributed by atoms with E-state index in [9.17, 15) is 14.0 Å². The number of benzene rings is 3. The Morgan fingerprint density at radius 3 is 2.40 bits per heavy atom. The van der Waals surface area contributed by atoms with Crippen LogP contribution in [-0.4, -0.2) is 43.7 Å². The molecule has 1 amide bonds. The van der Waals surface area contributed by atoms with Gasteiger partial charge in [0.15, 0.2) is 5.82 Å². The Bertz CT molecular complexity index is 2020. The van der Waals surface area contributed by atoms with Gasteiger partial charge in [0.2, 0.25) is 5.88 Å². The summed E-state index contributed by atoms with van der Waals surface area (Å²) in [5.74, 6) is -0.0796. The Kier molecular flexibility index (Phi) is 5.95. The van der Waals surface area contributed by atoms with Crippen molar-refractivity contribution in [2.45, 2.75) is 0 Å². The third-order valence-electron chi connectivity index (χ3n) is 7.15. The SMILES string of the molecule is CNC(=O)c1ccc(-c2ccc3c(c2)nc(-c2cccnc2OC)n3-c2ccc3c(c2)n(C)c(=O)n3C)cc1F. The Morgan fingerprint density at radius 1 is 0.925 bits per heavy atom. The van der Waals surface area contributed by atoms with Gasteiger partial charge in [-0.25, -0.2) is 19.2 Å². The van der Waals surface area contributed by atoms with Crippen molar-refractivity contribution < 1.29 is 13.9 Å². The summed E-state index contributed by atoms with van der Waals surface area (Å²) in [7, 11) is 6.50. The third-order valence-corrected chi connectivity index (χ3v) is 7.15. The zero-order valence-corrected chi connectivity index (χ0v) is 22.3. The fourth-order valence-electron chi connectivity index (χ4n) is 5.07. The molecule has 0 aliphatic rings. The minimum absolute atomic E-state index is 0.0201. The van der Waals surface area contributed by atoms with Gasteiger partial charge in [-0.3, -0.25) is 18.5 Å². The lowest BCUT2D eigenvalue weighted by Gasteiger charge is -2.12. The second-order valence-electron chi connectivity index (χ2n) is 9.38. The average molecular weight is 537 g/mol. The van der Waals surface area contributed by atoms with Crippen LogP contribution in [0.15, 0.2) is 77.7 Å². The molecule has 9 nitrogen and oxygen atoms in total. The molecule has 6 rings (SSSR count).